The van der Waals surface area contributed by atoms with Gasteiger partial charge in [0, 0.05) is 24.6 Å². The quantitative estimate of drug-likeness (QED) is 0.431. The first-order valence-corrected chi connectivity index (χ1v) is 6.00. The van der Waals surface area contributed by atoms with Crippen molar-refractivity contribution in [2.45, 2.75) is 6.42 Å². The SMILES string of the molecule is Cl.NNC(=O)CCNC(=O)c1cc(-c2ccccc2)on1. The third-order valence-corrected chi connectivity index (χ3v) is 2.60. The fraction of sp³-hybridized carbons (Fsp3) is 0.154. The van der Waals surface area contributed by atoms with Crippen molar-refractivity contribution < 1.29 is 14.1 Å². The molecule has 1 aromatic carbocycles. The number of benzene rings is 1. The summed E-state index contributed by atoms with van der Waals surface area (Å²) in [5, 5.41) is 6.25. The largest absolute Gasteiger partial charge is 0.355 e. The first-order valence-electron chi connectivity index (χ1n) is 6.00. The molecule has 0 bridgehead atoms. The standard InChI is InChI=1S/C13H14N4O3.ClH/c14-16-12(18)6-7-15-13(19)10-8-11(20-17-10)9-4-2-1-3-5-9;/h1-5,8H,6-7,14H2,(H,15,19)(H,16,18);1H. The summed E-state index contributed by atoms with van der Waals surface area (Å²) in [5.41, 5.74) is 2.98. The van der Waals surface area contributed by atoms with E-state index in [1.165, 1.54) is 0 Å². The molecule has 2 rings (SSSR count). The molecular formula is C13H15ClN4O3. The molecule has 0 spiro atoms. The molecule has 2 amide bonds. The molecule has 0 aliphatic rings. The second kappa shape index (κ2) is 8.03. The summed E-state index contributed by atoms with van der Waals surface area (Å²) in [6.45, 7) is 0.176. The number of aromatic nitrogens is 1. The predicted molar refractivity (Wildman–Crippen MR) is 78.5 cm³/mol. The first kappa shape index (κ1) is 16.7. The van der Waals surface area contributed by atoms with Crippen molar-refractivity contribution in [3.8, 4) is 11.3 Å². The van der Waals surface area contributed by atoms with Crippen LogP contribution < -0.4 is 16.6 Å². The van der Waals surface area contributed by atoms with E-state index < -0.39 is 5.91 Å². The lowest BCUT2D eigenvalue weighted by Crippen LogP contribution is -2.34. The maximum absolute atomic E-state index is 11.8. The summed E-state index contributed by atoms with van der Waals surface area (Å²) in [7, 11) is 0. The maximum atomic E-state index is 11.8. The van der Waals surface area contributed by atoms with E-state index in [1.807, 2.05) is 35.8 Å². The average molecular weight is 311 g/mol. The van der Waals surface area contributed by atoms with Crippen LogP contribution in [0.4, 0.5) is 0 Å². The molecule has 4 N–H and O–H groups in total. The lowest BCUT2D eigenvalue weighted by atomic mass is 10.1. The van der Waals surface area contributed by atoms with Crippen LogP contribution >= 0.6 is 12.4 Å². The van der Waals surface area contributed by atoms with E-state index in [-0.39, 0.29) is 37.0 Å². The summed E-state index contributed by atoms with van der Waals surface area (Å²) >= 11 is 0. The van der Waals surface area contributed by atoms with Gasteiger partial charge in [-0.2, -0.15) is 0 Å². The van der Waals surface area contributed by atoms with Crippen molar-refractivity contribution in [1.29, 1.82) is 0 Å². The molecule has 0 atom stereocenters. The Bertz CT molecular complexity index is 600. The number of nitrogens with one attached hydrogen (secondary N) is 2. The van der Waals surface area contributed by atoms with Crippen molar-refractivity contribution in [1.82, 2.24) is 15.9 Å². The number of hydrogen-bond acceptors (Lipinski definition) is 5. The lowest BCUT2D eigenvalue weighted by Gasteiger charge is -2.01. The highest BCUT2D eigenvalue weighted by atomic mass is 35.5. The second-order valence-corrected chi connectivity index (χ2v) is 4.02. The fourth-order valence-corrected chi connectivity index (χ4v) is 1.57. The molecule has 112 valence electrons. The van der Waals surface area contributed by atoms with E-state index in [4.69, 9.17) is 10.4 Å². The topological polar surface area (TPSA) is 110 Å². The van der Waals surface area contributed by atoms with Crippen LogP contribution in [0.5, 0.6) is 0 Å². The smallest absolute Gasteiger partial charge is 0.273 e. The Morgan fingerprint density at radius 1 is 1.24 bits per heavy atom. The van der Waals surface area contributed by atoms with Crippen molar-refractivity contribution in [3.05, 3.63) is 42.1 Å². The number of halogens is 1. The third kappa shape index (κ3) is 4.59. The van der Waals surface area contributed by atoms with Crippen LogP contribution in [0.25, 0.3) is 11.3 Å². The first-order chi connectivity index (χ1) is 9.70. The number of rotatable bonds is 5. The number of hydrazine groups is 1. The van der Waals surface area contributed by atoms with E-state index in [0.717, 1.165) is 5.56 Å². The van der Waals surface area contributed by atoms with Crippen molar-refractivity contribution >= 4 is 24.2 Å². The van der Waals surface area contributed by atoms with Gasteiger partial charge in [-0.3, -0.25) is 15.0 Å². The number of nitrogens with zero attached hydrogens (tertiary/aromatic N) is 1. The van der Waals surface area contributed by atoms with Crippen molar-refractivity contribution in [3.63, 3.8) is 0 Å². The fourth-order valence-electron chi connectivity index (χ4n) is 1.57. The summed E-state index contributed by atoms with van der Waals surface area (Å²) in [6.07, 6.45) is 0.103. The van der Waals surface area contributed by atoms with Gasteiger partial charge < -0.3 is 9.84 Å². The van der Waals surface area contributed by atoms with E-state index in [2.05, 4.69) is 10.5 Å². The third-order valence-electron chi connectivity index (χ3n) is 2.60. The summed E-state index contributed by atoms with van der Waals surface area (Å²) in [5.74, 6) is 4.68. The highest BCUT2D eigenvalue weighted by molar-refractivity contribution is 5.93. The maximum Gasteiger partial charge on any atom is 0.273 e. The van der Waals surface area contributed by atoms with Crippen LogP contribution in [0, 0.1) is 0 Å². The average Bonchev–Trinajstić information content (AvgIpc) is 2.97. The molecule has 0 aliphatic heterocycles. The minimum Gasteiger partial charge on any atom is -0.355 e. The van der Waals surface area contributed by atoms with Gasteiger partial charge in [0.15, 0.2) is 11.5 Å². The Kier molecular flexibility index (Phi) is 6.38. The Balaban J connectivity index is 0.00000220. The number of hydrogen-bond donors (Lipinski definition) is 3. The highest BCUT2D eigenvalue weighted by Gasteiger charge is 2.13. The molecule has 0 radical (unpaired) electrons. The molecule has 2 aromatic rings. The number of carbonyl (C=O) groups is 2. The van der Waals surface area contributed by atoms with Crippen molar-refractivity contribution in [2.75, 3.05) is 6.54 Å². The minimum absolute atomic E-state index is 0. The van der Waals surface area contributed by atoms with Gasteiger partial charge in [-0.15, -0.1) is 12.4 Å². The van der Waals surface area contributed by atoms with E-state index in [1.54, 1.807) is 6.07 Å². The van der Waals surface area contributed by atoms with Gasteiger partial charge in [-0.25, -0.2) is 5.84 Å². The van der Waals surface area contributed by atoms with Crippen LogP contribution in [-0.2, 0) is 4.79 Å². The normalized spacial score (nSPS) is 9.57. The monoisotopic (exact) mass is 310 g/mol. The van der Waals surface area contributed by atoms with Gasteiger partial charge in [0.1, 0.15) is 0 Å². The van der Waals surface area contributed by atoms with E-state index >= 15 is 0 Å². The van der Waals surface area contributed by atoms with Crippen LogP contribution in [0.2, 0.25) is 0 Å². The van der Waals surface area contributed by atoms with Gasteiger partial charge in [-0.1, -0.05) is 35.5 Å². The van der Waals surface area contributed by atoms with Gasteiger partial charge in [0.05, 0.1) is 0 Å². The molecule has 1 heterocycles. The Hall–Kier alpha value is -2.38. The summed E-state index contributed by atoms with van der Waals surface area (Å²) in [4.78, 5) is 22.7. The van der Waals surface area contributed by atoms with Gasteiger partial charge in [0.2, 0.25) is 5.91 Å². The van der Waals surface area contributed by atoms with Crippen molar-refractivity contribution in [2.24, 2.45) is 5.84 Å². The molecule has 8 heteroatoms. The van der Waals surface area contributed by atoms with E-state index in [0.29, 0.717) is 5.76 Å². The summed E-state index contributed by atoms with van der Waals surface area (Å²) in [6, 6.07) is 10.9. The number of carbonyl (C=O) groups excluding carboxylic acids is 2. The summed E-state index contributed by atoms with van der Waals surface area (Å²) < 4.78 is 5.11. The van der Waals surface area contributed by atoms with Crippen LogP contribution in [0.3, 0.4) is 0 Å². The molecule has 0 saturated carbocycles. The zero-order valence-electron chi connectivity index (χ0n) is 11.0. The Labute approximate surface area is 127 Å². The van der Waals surface area contributed by atoms with E-state index in [9.17, 15) is 9.59 Å². The minimum atomic E-state index is -0.402. The van der Waals surface area contributed by atoms with Crippen LogP contribution in [-0.4, -0.2) is 23.5 Å². The Morgan fingerprint density at radius 2 is 1.95 bits per heavy atom. The molecule has 0 fully saturated rings. The molecule has 1 aromatic heterocycles. The second-order valence-electron chi connectivity index (χ2n) is 4.02. The number of nitrogens with two attached hydrogens (primary N) is 1. The molecular weight excluding hydrogens is 296 g/mol. The van der Waals surface area contributed by atoms with Crippen LogP contribution in [0.1, 0.15) is 16.9 Å². The van der Waals surface area contributed by atoms with Crippen LogP contribution in [0.15, 0.2) is 40.9 Å². The molecule has 0 saturated heterocycles. The van der Waals surface area contributed by atoms with Gasteiger partial charge >= 0.3 is 0 Å². The zero-order chi connectivity index (χ0) is 14.4. The highest BCUT2D eigenvalue weighted by Crippen LogP contribution is 2.19. The number of amides is 2. The lowest BCUT2D eigenvalue weighted by molar-refractivity contribution is -0.121. The predicted octanol–water partition coefficient (Wildman–Crippen LogP) is 0.873. The Morgan fingerprint density at radius 3 is 2.62 bits per heavy atom. The zero-order valence-corrected chi connectivity index (χ0v) is 11.9. The molecule has 7 nitrogen and oxygen atoms in total. The van der Waals surface area contributed by atoms with Gasteiger partial charge in [0.25, 0.3) is 5.91 Å². The molecule has 0 aliphatic carbocycles. The molecule has 21 heavy (non-hydrogen) atoms. The molecule has 0 unspecified atom stereocenters. The van der Waals surface area contributed by atoms with Gasteiger partial charge in [-0.05, 0) is 0 Å².